The maximum absolute atomic E-state index is 13.3. The van der Waals surface area contributed by atoms with E-state index in [1.165, 1.54) is 17.6 Å². The van der Waals surface area contributed by atoms with Crippen LogP contribution in [-0.2, 0) is 15.7 Å². The number of carbonyl (C=O) groups is 2. The first-order valence-electron chi connectivity index (χ1n) is 8.11. The van der Waals surface area contributed by atoms with Crippen molar-refractivity contribution >= 4 is 117 Å². The standard InChI is InChI=1S/C11H24NO5P13/c1-5(13)6-4-9(14)10(15)12-7(6)2-3-8(12)11(16)17-25(29(24)26(18)19)30(27(20)21)28(22)23/h4,8,14H,2-3,18-24H2,1H3. The lowest BCUT2D eigenvalue weighted by atomic mass is 10.1. The zero-order valence-corrected chi connectivity index (χ0v) is 29.3. The van der Waals surface area contributed by atoms with Gasteiger partial charge in [0.2, 0.25) is 0 Å². The van der Waals surface area contributed by atoms with Gasteiger partial charge in [0.15, 0.2) is 19.1 Å². The highest BCUT2D eigenvalue weighted by Crippen LogP contribution is 3.17. The highest BCUT2D eigenvalue weighted by atomic mass is 33.2. The quantitative estimate of drug-likeness (QED) is 0.230. The van der Waals surface area contributed by atoms with Crippen LogP contribution in [0.15, 0.2) is 10.9 Å². The first-order valence-corrected chi connectivity index (χ1v) is 30.9. The van der Waals surface area contributed by atoms with E-state index in [0.717, 1.165) is 0 Å². The van der Waals surface area contributed by atoms with Gasteiger partial charge in [0, 0.05) is 25.2 Å². The minimum absolute atomic E-state index is 0.243. The van der Waals surface area contributed by atoms with Crippen molar-refractivity contribution in [2.24, 2.45) is 0 Å². The van der Waals surface area contributed by atoms with E-state index in [0.29, 0.717) is 18.5 Å². The molecule has 0 radical (unpaired) electrons. The Morgan fingerprint density at radius 3 is 2.13 bits per heavy atom. The number of carbonyl (C=O) groups excluding carboxylic acids is 2. The molecule has 10 unspecified atom stereocenters. The minimum atomic E-state index is -1.03. The van der Waals surface area contributed by atoms with Gasteiger partial charge in [-0.25, -0.2) is 4.79 Å². The fourth-order valence-corrected chi connectivity index (χ4v) is 98.0. The molecule has 0 amide bonds. The number of aromatic hydroxyl groups is 1. The van der Waals surface area contributed by atoms with Crippen molar-refractivity contribution in [3.05, 3.63) is 27.7 Å². The number of ketones is 1. The molecule has 1 aliphatic rings. The van der Waals surface area contributed by atoms with Gasteiger partial charge >= 0.3 is 5.97 Å². The van der Waals surface area contributed by atoms with Gasteiger partial charge in [-0.05, 0) is 46.8 Å². The Balaban J connectivity index is 2.44. The van der Waals surface area contributed by atoms with Gasteiger partial charge in [0.1, 0.15) is 6.04 Å². The Hall–Kier alpha value is 3.48. The van der Waals surface area contributed by atoms with Crippen LogP contribution in [0.2, 0.25) is 0 Å². The molecular formula is C11H24NO5P13. The summed E-state index contributed by atoms with van der Waals surface area (Å²) in [7, 11) is 19.1. The highest BCUT2D eigenvalue weighted by molar-refractivity contribution is 9.19. The SMILES string of the molecule is CC(=O)c1cc(O)c(=O)n2c1CCC2C(=O)OP(P(P)P(P)P)P(P(P)P)P(P)P. The third kappa shape index (κ3) is 7.03. The summed E-state index contributed by atoms with van der Waals surface area (Å²) in [6.45, 7) is -1.09. The Morgan fingerprint density at radius 1 is 1.10 bits per heavy atom. The molecule has 0 aliphatic carbocycles. The van der Waals surface area contributed by atoms with Crippen molar-refractivity contribution in [1.29, 1.82) is 0 Å². The number of Topliss-reactive ketones (excluding diaryl/α,β-unsaturated/α-hetero) is 1. The zero-order valence-electron chi connectivity index (χ0n) is 15.8. The lowest BCUT2D eigenvalue weighted by molar-refractivity contribution is -0.136. The smallest absolute Gasteiger partial charge is 0.332 e. The van der Waals surface area contributed by atoms with Crippen molar-refractivity contribution in [3.8, 4) is 5.75 Å². The van der Waals surface area contributed by atoms with Gasteiger partial charge in [0.25, 0.3) is 5.56 Å². The molecule has 1 aromatic heterocycles. The number of aromatic nitrogens is 1. The van der Waals surface area contributed by atoms with E-state index in [2.05, 4.69) is 62.5 Å². The van der Waals surface area contributed by atoms with Gasteiger partial charge in [-0.2, -0.15) is 0 Å². The van der Waals surface area contributed by atoms with Gasteiger partial charge in [0.05, 0.1) is 0 Å². The molecule has 2 rings (SSSR count). The van der Waals surface area contributed by atoms with Gasteiger partial charge in [-0.15, -0.1) is 53.6 Å². The molecule has 1 aliphatic heterocycles. The number of hydrogen-bond donors (Lipinski definition) is 1. The fourth-order valence-electron chi connectivity index (χ4n) is 2.86. The molecule has 6 nitrogen and oxygen atoms in total. The molecule has 0 saturated carbocycles. The Bertz CT molecular complexity index is 868. The second-order valence-electron chi connectivity index (χ2n) is 6.07. The van der Waals surface area contributed by atoms with Gasteiger partial charge in [-0.1, -0.05) is 8.93 Å². The number of rotatable bonds is 8. The van der Waals surface area contributed by atoms with E-state index in [9.17, 15) is 19.5 Å². The summed E-state index contributed by atoms with van der Waals surface area (Å²) in [6, 6.07) is 0.397. The van der Waals surface area contributed by atoms with Crippen molar-refractivity contribution in [2.45, 2.75) is 25.8 Å². The lowest BCUT2D eigenvalue weighted by Gasteiger charge is -2.36. The number of hydrogen-bond acceptors (Lipinski definition) is 5. The Labute approximate surface area is 199 Å². The van der Waals surface area contributed by atoms with E-state index < -0.39 is 65.8 Å². The Morgan fingerprint density at radius 2 is 1.67 bits per heavy atom. The molecule has 1 N–H and O–H groups in total. The predicted octanol–water partition coefficient (Wildman–Crippen LogP) is 7.70. The van der Waals surface area contributed by atoms with Crippen LogP contribution in [0, 0.1) is 0 Å². The van der Waals surface area contributed by atoms with Crippen molar-refractivity contribution in [2.75, 3.05) is 0 Å². The van der Waals surface area contributed by atoms with Gasteiger partial charge in [-0.3, -0.25) is 14.2 Å². The molecule has 2 heterocycles. The van der Waals surface area contributed by atoms with E-state index in [1.807, 2.05) is 0 Å². The van der Waals surface area contributed by atoms with E-state index in [-0.39, 0.29) is 11.3 Å². The predicted molar refractivity (Wildman–Crippen MR) is 165 cm³/mol. The maximum atomic E-state index is 13.3. The van der Waals surface area contributed by atoms with E-state index >= 15 is 0 Å². The van der Waals surface area contributed by atoms with Gasteiger partial charge < -0.3 is 9.63 Å². The van der Waals surface area contributed by atoms with Crippen molar-refractivity contribution < 1.29 is 19.2 Å². The third-order valence-electron chi connectivity index (χ3n) is 4.09. The normalized spacial score (nSPS) is 18.2. The molecule has 10 atom stereocenters. The summed E-state index contributed by atoms with van der Waals surface area (Å²) in [5, 5.41) is 10.1. The summed E-state index contributed by atoms with van der Waals surface area (Å²) in [5.41, 5.74) is 0.146. The van der Waals surface area contributed by atoms with Crippen LogP contribution in [0.5, 0.6) is 5.75 Å². The highest BCUT2D eigenvalue weighted by Gasteiger charge is 2.41. The summed E-state index contributed by atoms with van der Waals surface area (Å²) in [6.07, 6.45) is 0.809. The molecule has 1 aromatic rings. The van der Waals surface area contributed by atoms with E-state index in [1.54, 1.807) is 0 Å². The minimum Gasteiger partial charge on any atom is -0.503 e. The van der Waals surface area contributed by atoms with Crippen LogP contribution >= 0.6 is 105 Å². The molecular weight excluding hydrogens is 629 g/mol. The molecule has 0 aromatic carbocycles. The molecule has 0 fully saturated rings. The van der Waals surface area contributed by atoms with Crippen LogP contribution in [0.1, 0.15) is 35.4 Å². The fraction of sp³-hybridized carbons (Fsp3) is 0.364. The average Bonchev–Trinajstić information content (AvgIpc) is 3.07. The molecule has 0 spiro atoms. The molecule has 168 valence electrons. The first-order chi connectivity index (χ1) is 13.9. The molecule has 19 heteroatoms. The zero-order chi connectivity index (χ0) is 22.9. The van der Waals surface area contributed by atoms with Crippen LogP contribution in [0.3, 0.4) is 0 Å². The molecule has 0 saturated heterocycles. The summed E-state index contributed by atoms with van der Waals surface area (Å²) in [5.74, 6) is -1.20. The Kier molecular flexibility index (Phi) is 13.0. The summed E-state index contributed by atoms with van der Waals surface area (Å²) >= 11 is 0. The lowest BCUT2D eigenvalue weighted by Crippen LogP contribution is -2.29. The van der Waals surface area contributed by atoms with Crippen molar-refractivity contribution in [3.63, 3.8) is 0 Å². The third-order valence-corrected chi connectivity index (χ3v) is 74.7. The maximum Gasteiger partial charge on any atom is 0.332 e. The second kappa shape index (κ2) is 13.1. The van der Waals surface area contributed by atoms with Crippen LogP contribution in [-0.4, -0.2) is 21.4 Å². The largest absolute Gasteiger partial charge is 0.503 e. The van der Waals surface area contributed by atoms with Crippen LogP contribution < -0.4 is 5.56 Å². The monoisotopic (exact) mass is 653 g/mol. The van der Waals surface area contributed by atoms with E-state index in [4.69, 9.17) is 4.52 Å². The topological polar surface area (TPSA) is 85.6 Å². The second-order valence-corrected chi connectivity index (χ2v) is 54.8. The van der Waals surface area contributed by atoms with Crippen LogP contribution in [0.4, 0.5) is 0 Å². The number of nitrogens with zero attached hydrogens (tertiary/aromatic N) is 1. The van der Waals surface area contributed by atoms with Crippen molar-refractivity contribution in [1.82, 2.24) is 4.57 Å². The average molecular weight is 653 g/mol. The first kappa shape index (κ1) is 29.7. The van der Waals surface area contributed by atoms with Crippen LogP contribution in [0.25, 0.3) is 0 Å². The molecule has 30 heavy (non-hydrogen) atoms. The number of fused-ring (bicyclic) bond motifs is 1. The molecule has 0 bridgehead atoms. The summed E-state index contributed by atoms with van der Waals surface area (Å²) < 4.78 is 7.47. The summed E-state index contributed by atoms with van der Waals surface area (Å²) in [4.78, 5) is 37.9. The number of pyridine rings is 1.